The van der Waals surface area contributed by atoms with Gasteiger partial charge in [0.25, 0.3) is 5.56 Å². The third-order valence-electron chi connectivity index (χ3n) is 4.22. The molecule has 7 nitrogen and oxygen atoms in total. The van der Waals surface area contributed by atoms with E-state index in [1.165, 1.54) is 6.92 Å². The smallest absolute Gasteiger partial charge is 0.282 e. The van der Waals surface area contributed by atoms with Crippen LogP contribution in [0.1, 0.15) is 12.6 Å². The molecule has 3 rings (SSSR count). The van der Waals surface area contributed by atoms with Crippen LogP contribution in [0.25, 0.3) is 17.1 Å². The lowest BCUT2D eigenvalue weighted by atomic mass is 10.2. The second kappa shape index (κ2) is 6.80. The van der Waals surface area contributed by atoms with E-state index in [-0.39, 0.29) is 11.5 Å². The van der Waals surface area contributed by atoms with Crippen molar-refractivity contribution in [1.82, 2.24) is 24.2 Å². The van der Waals surface area contributed by atoms with Crippen molar-refractivity contribution in [2.75, 3.05) is 6.54 Å². The molecular weight excluding hydrogens is 318 g/mol. The summed E-state index contributed by atoms with van der Waals surface area (Å²) in [6, 6.07) is 9.51. The van der Waals surface area contributed by atoms with Crippen molar-refractivity contribution in [3.05, 3.63) is 58.8 Å². The van der Waals surface area contributed by atoms with E-state index < -0.39 is 0 Å². The molecule has 0 saturated carbocycles. The molecule has 0 spiro atoms. The molecule has 1 amide bonds. The van der Waals surface area contributed by atoms with Gasteiger partial charge < -0.3 is 9.88 Å². The minimum atomic E-state index is -0.113. The van der Waals surface area contributed by atoms with Crippen LogP contribution in [-0.2, 0) is 18.4 Å². The number of para-hydroxylation sites is 1. The van der Waals surface area contributed by atoms with E-state index >= 15 is 0 Å². The second-order valence-electron chi connectivity index (χ2n) is 5.86. The molecule has 3 aromatic rings. The van der Waals surface area contributed by atoms with Crippen molar-refractivity contribution in [3.8, 4) is 17.1 Å². The van der Waals surface area contributed by atoms with Gasteiger partial charge in [0.1, 0.15) is 11.4 Å². The Bertz CT molecular complexity index is 950. The number of hydrogen-bond acceptors (Lipinski definition) is 3. The monoisotopic (exact) mass is 339 g/mol. The summed E-state index contributed by atoms with van der Waals surface area (Å²) in [6.45, 7) is 4.42. The van der Waals surface area contributed by atoms with Gasteiger partial charge in [-0.2, -0.15) is 0 Å². The number of carbonyl (C=O) groups excluding carboxylic acids is 1. The molecule has 0 fully saturated rings. The van der Waals surface area contributed by atoms with Crippen molar-refractivity contribution in [2.45, 2.75) is 20.4 Å². The van der Waals surface area contributed by atoms with E-state index in [2.05, 4.69) is 10.3 Å². The number of amides is 1. The molecule has 25 heavy (non-hydrogen) atoms. The van der Waals surface area contributed by atoms with E-state index in [0.717, 1.165) is 11.4 Å². The molecule has 0 bridgehead atoms. The summed E-state index contributed by atoms with van der Waals surface area (Å²) in [7, 11) is 1.86. The normalized spacial score (nSPS) is 10.8. The second-order valence-corrected chi connectivity index (χ2v) is 5.86. The number of aromatic nitrogens is 4. The molecule has 0 atom stereocenters. The van der Waals surface area contributed by atoms with Crippen molar-refractivity contribution < 1.29 is 4.79 Å². The van der Waals surface area contributed by atoms with Gasteiger partial charge in [-0.05, 0) is 19.1 Å². The van der Waals surface area contributed by atoms with Gasteiger partial charge in [0.15, 0.2) is 0 Å². The number of nitrogens with zero attached hydrogens (tertiary/aromatic N) is 4. The molecular formula is C18H21N5O2. The number of benzene rings is 1. The lowest BCUT2D eigenvalue weighted by molar-refractivity contribution is -0.118. The summed E-state index contributed by atoms with van der Waals surface area (Å²) >= 11 is 0. The largest absolute Gasteiger partial charge is 0.355 e. The zero-order valence-electron chi connectivity index (χ0n) is 14.6. The van der Waals surface area contributed by atoms with Gasteiger partial charge >= 0.3 is 0 Å². The molecule has 2 heterocycles. The fourth-order valence-electron chi connectivity index (χ4n) is 2.90. The van der Waals surface area contributed by atoms with Gasteiger partial charge in [-0.3, -0.25) is 14.3 Å². The van der Waals surface area contributed by atoms with Gasteiger partial charge in [-0.25, -0.2) is 9.67 Å². The summed E-state index contributed by atoms with van der Waals surface area (Å²) in [5, 5.41) is 2.76. The summed E-state index contributed by atoms with van der Waals surface area (Å²) in [5.74, 6) is 0.530. The Hall–Kier alpha value is -3.09. The number of rotatable bonds is 5. The van der Waals surface area contributed by atoms with E-state index in [1.54, 1.807) is 10.9 Å². The number of nitrogens with one attached hydrogen (secondary N) is 1. The first kappa shape index (κ1) is 16.8. The van der Waals surface area contributed by atoms with E-state index in [0.29, 0.717) is 24.5 Å². The van der Waals surface area contributed by atoms with Crippen LogP contribution in [0.5, 0.6) is 0 Å². The Morgan fingerprint density at radius 2 is 1.96 bits per heavy atom. The van der Waals surface area contributed by atoms with Crippen molar-refractivity contribution in [3.63, 3.8) is 0 Å². The Morgan fingerprint density at radius 1 is 1.24 bits per heavy atom. The Kier molecular flexibility index (Phi) is 4.56. The summed E-state index contributed by atoms with van der Waals surface area (Å²) in [5.41, 5.74) is 2.10. The SMILES string of the molecule is CC(=O)NCCn1ccnc1-c1c(C)n(C)n(-c2ccccc2)c1=O. The highest BCUT2D eigenvalue weighted by Gasteiger charge is 2.21. The quantitative estimate of drug-likeness (QED) is 0.765. The molecule has 1 aromatic carbocycles. The maximum Gasteiger partial charge on any atom is 0.282 e. The van der Waals surface area contributed by atoms with Crippen molar-refractivity contribution in [2.24, 2.45) is 7.05 Å². The minimum absolute atomic E-state index is 0.0796. The van der Waals surface area contributed by atoms with Crippen molar-refractivity contribution >= 4 is 5.91 Å². The Balaban J connectivity index is 2.04. The van der Waals surface area contributed by atoms with Crippen LogP contribution in [0.15, 0.2) is 47.5 Å². The first-order valence-electron chi connectivity index (χ1n) is 8.10. The first-order chi connectivity index (χ1) is 12.0. The predicted octanol–water partition coefficient (Wildman–Crippen LogP) is 1.48. The predicted molar refractivity (Wildman–Crippen MR) is 95.7 cm³/mol. The summed E-state index contributed by atoms with van der Waals surface area (Å²) < 4.78 is 5.35. The Morgan fingerprint density at radius 3 is 2.64 bits per heavy atom. The standard InChI is InChI=1S/C18H21N5O2/c1-13-16(17-20-10-12-22(17)11-9-19-14(2)24)18(25)23(21(13)3)15-7-5-4-6-8-15/h4-8,10,12H,9,11H2,1-3H3,(H,19,24). The van der Waals surface area contributed by atoms with Crippen LogP contribution < -0.4 is 10.9 Å². The fraction of sp³-hybridized carbons (Fsp3) is 0.278. The molecule has 130 valence electrons. The highest BCUT2D eigenvalue weighted by molar-refractivity contribution is 5.72. The van der Waals surface area contributed by atoms with Gasteiger partial charge in [0.2, 0.25) is 5.91 Å². The molecule has 7 heteroatoms. The van der Waals surface area contributed by atoms with E-state index in [9.17, 15) is 9.59 Å². The third kappa shape index (κ3) is 3.13. The molecule has 0 aliphatic carbocycles. The molecule has 0 saturated heterocycles. The minimum Gasteiger partial charge on any atom is -0.355 e. The Labute approximate surface area is 145 Å². The van der Waals surface area contributed by atoms with Crippen LogP contribution in [0.2, 0.25) is 0 Å². The van der Waals surface area contributed by atoms with Crippen LogP contribution >= 0.6 is 0 Å². The van der Waals surface area contributed by atoms with Crippen molar-refractivity contribution in [1.29, 1.82) is 0 Å². The van der Waals surface area contributed by atoms with Crippen LogP contribution in [-0.4, -0.2) is 31.4 Å². The number of imidazole rings is 1. The molecule has 2 aromatic heterocycles. The van der Waals surface area contributed by atoms with Gasteiger partial charge in [-0.1, -0.05) is 18.2 Å². The van der Waals surface area contributed by atoms with Gasteiger partial charge in [-0.15, -0.1) is 0 Å². The van der Waals surface area contributed by atoms with Gasteiger partial charge in [0, 0.05) is 45.1 Å². The summed E-state index contributed by atoms with van der Waals surface area (Å²) in [4.78, 5) is 28.5. The summed E-state index contributed by atoms with van der Waals surface area (Å²) in [6.07, 6.45) is 3.48. The van der Waals surface area contributed by atoms with Crippen LogP contribution in [0, 0.1) is 6.92 Å². The highest BCUT2D eigenvalue weighted by Crippen LogP contribution is 2.20. The third-order valence-corrected chi connectivity index (χ3v) is 4.22. The number of hydrogen-bond donors (Lipinski definition) is 1. The maximum absolute atomic E-state index is 13.1. The fourth-order valence-corrected chi connectivity index (χ4v) is 2.90. The average molecular weight is 339 g/mol. The molecule has 1 N–H and O–H groups in total. The number of carbonyl (C=O) groups is 1. The topological polar surface area (TPSA) is 73.8 Å². The van der Waals surface area contributed by atoms with Crippen LogP contribution in [0.4, 0.5) is 0 Å². The first-order valence-corrected chi connectivity index (χ1v) is 8.10. The molecule has 0 aliphatic rings. The highest BCUT2D eigenvalue weighted by atomic mass is 16.1. The lowest BCUT2D eigenvalue weighted by Crippen LogP contribution is -2.25. The zero-order chi connectivity index (χ0) is 18.0. The maximum atomic E-state index is 13.1. The average Bonchev–Trinajstić information content (AvgIpc) is 3.11. The van der Waals surface area contributed by atoms with Crippen LogP contribution in [0.3, 0.4) is 0 Å². The van der Waals surface area contributed by atoms with Gasteiger partial charge in [0.05, 0.1) is 5.69 Å². The van der Waals surface area contributed by atoms with E-state index in [1.807, 2.05) is 59.7 Å². The molecule has 0 aliphatic heterocycles. The lowest BCUT2D eigenvalue weighted by Gasteiger charge is -2.08. The zero-order valence-corrected chi connectivity index (χ0v) is 14.6. The van der Waals surface area contributed by atoms with E-state index in [4.69, 9.17) is 0 Å². The molecule has 0 radical (unpaired) electrons. The molecule has 0 unspecified atom stereocenters.